The number of hydrogen-bond acceptors (Lipinski definition) is 6. The average Bonchev–Trinajstić information content (AvgIpc) is 3.02. The number of nitrogens with zero attached hydrogens (tertiary/aromatic N) is 2. The largest absolute Gasteiger partial charge is 0.454 e. The number of H-pyrrole nitrogens is 1. The van der Waals surface area contributed by atoms with Gasteiger partial charge in [-0.05, 0) is 52.0 Å². The summed E-state index contributed by atoms with van der Waals surface area (Å²) in [6.07, 6.45) is 1.74. The topological polar surface area (TPSA) is 84.9 Å². The smallest absolute Gasteiger partial charge is 0.306 e. The van der Waals surface area contributed by atoms with Gasteiger partial charge in [0.25, 0.3) is 0 Å². The average molecular weight is 412 g/mol. The standard InChI is InChI=1S/C22H25N3O3S/c1-12-16(13(2)25-22(24-12)29-5)10-11-19(26)28-15(4)21(27)20-14(3)23-18-9-7-6-8-17(18)20/h6-9,15,23H,10-11H2,1-5H3/t15-/m0/s1. The first-order valence-corrected chi connectivity index (χ1v) is 10.7. The van der Waals surface area contributed by atoms with Crippen molar-refractivity contribution in [3.63, 3.8) is 0 Å². The van der Waals surface area contributed by atoms with Gasteiger partial charge in [0, 0.05) is 40.0 Å². The van der Waals surface area contributed by atoms with Crippen LogP contribution < -0.4 is 0 Å². The van der Waals surface area contributed by atoms with Crippen molar-refractivity contribution in [2.75, 3.05) is 6.26 Å². The molecule has 7 heteroatoms. The lowest BCUT2D eigenvalue weighted by Crippen LogP contribution is -2.25. The molecule has 2 heterocycles. The monoisotopic (exact) mass is 411 g/mol. The van der Waals surface area contributed by atoms with Crippen LogP contribution in [0.15, 0.2) is 29.4 Å². The number of carbonyl (C=O) groups is 2. The number of hydrogen-bond donors (Lipinski definition) is 1. The maximum Gasteiger partial charge on any atom is 0.306 e. The zero-order valence-corrected chi connectivity index (χ0v) is 18.1. The molecule has 0 unspecified atom stereocenters. The van der Waals surface area contributed by atoms with Crippen LogP contribution in [0.5, 0.6) is 0 Å². The van der Waals surface area contributed by atoms with Crippen molar-refractivity contribution >= 4 is 34.4 Å². The van der Waals surface area contributed by atoms with Crippen molar-refractivity contribution in [2.45, 2.75) is 51.8 Å². The highest BCUT2D eigenvalue weighted by Crippen LogP contribution is 2.24. The molecule has 1 atom stereocenters. The first-order valence-electron chi connectivity index (χ1n) is 9.51. The minimum atomic E-state index is -0.849. The SMILES string of the molecule is CSc1nc(C)c(CCC(=O)O[C@@H](C)C(=O)c2c(C)[nH]c3ccccc23)c(C)n1. The van der Waals surface area contributed by atoms with Crippen molar-refractivity contribution in [3.8, 4) is 0 Å². The molecule has 0 saturated carbocycles. The third-order valence-corrected chi connectivity index (χ3v) is 5.53. The quantitative estimate of drug-likeness (QED) is 0.269. The number of fused-ring (bicyclic) bond motifs is 1. The van der Waals surface area contributed by atoms with Gasteiger partial charge in [-0.1, -0.05) is 30.0 Å². The van der Waals surface area contributed by atoms with Crippen LogP contribution in [0.3, 0.4) is 0 Å². The Labute approximate surface area is 174 Å². The highest BCUT2D eigenvalue weighted by Gasteiger charge is 2.24. The number of para-hydroxylation sites is 1. The van der Waals surface area contributed by atoms with Crippen LogP contribution in [0.1, 0.15) is 46.3 Å². The number of esters is 1. The molecule has 3 aromatic rings. The Morgan fingerprint density at radius 1 is 1.14 bits per heavy atom. The Hall–Kier alpha value is -2.67. The van der Waals surface area contributed by atoms with Crippen molar-refractivity contribution in [3.05, 3.63) is 52.5 Å². The maximum atomic E-state index is 12.9. The number of thioether (sulfide) groups is 1. The molecular formula is C22H25N3O3S. The summed E-state index contributed by atoms with van der Waals surface area (Å²) in [4.78, 5) is 37.4. The highest BCUT2D eigenvalue weighted by atomic mass is 32.2. The molecule has 0 radical (unpaired) electrons. The third kappa shape index (κ3) is 4.50. The predicted molar refractivity (Wildman–Crippen MR) is 115 cm³/mol. The Morgan fingerprint density at radius 2 is 1.79 bits per heavy atom. The van der Waals surface area contributed by atoms with E-state index in [4.69, 9.17) is 4.74 Å². The van der Waals surface area contributed by atoms with E-state index in [1.807, 2.05) is 51.3 Å². The molecule has 0 aliphatic heterocycles. The Kier molecular flexibility index (Phi) is 6.37. The van der Waals surface area contributed by atoms with Gasteiger partial charge < -0.3 is 9.72 Å². The molecule has 0 aliphatic carbocycles. The van der Waals surface area contributed by atoms with Gasteiger partial charge in [-0.15, -0.1) is 0 Å². The summed E-state index contributed by atoms with van der Waals surface area (Å²) in [6, 6.07) is 7.61. The van der Waals surface area contributed by atoms with E-state index in [0.29, 0.717) is 12.0 Å². The van der Waals surface area contributed by atoms with Gasteiger partial charge in [0.05, 0.1) is 0 Å². The molecule has 2 aromatic heterocycles. The first kappa shape index (κ1) is 21.0. The van der Waals surface area contributed by atoms with E-state index in [0.717, 1.165) is 38.7 Å². The minimum absolute atomic E-state index is 0.175. The minimum Gasteiger partial charge on any atom is -0.454 e. The molecule has 0 bridgehead atoms. The van der Waals surface area contributed by atoms with Crippen LogP contribution >= 0.6 is 11.8 Å². The second-order valence-corrected chi connectivity index (χ2v) is 7.80. The molecule has 1 N–H and O–H groups in total. The third-order valence-electron chi connectivity index (χ3n) is 4.98. The molecule has 6 nitrogen and oxygen atoms in total. The zero-order valence-electron chi connectivity index (χ0n) is 17.3. The first-order chi connectivity index (χ1) is 13.8. The Balaban J connectivity index is 1.66. The lowest BCUT2D eigenvalue weighted by molar-refractivity contribution is -0.146. The van der Waals surface area contributed by atoms with Crippen LogP contribution in [0.2, 0.25) is 0 Å². The van der Waals surface area contributed by atoms with Gasteiger partial charge in [0.2, 0.25) is 5.78 Å². The van der Waals surface area contributed by atoms with E-state index in [9.17, 15) is 9.59 Å². The number of ether oxygens (including phenoxy) is 1. The van der Waals surface area contributed by atoms with E-state index < -0.39 is 12.1 Å². The van der Waals surface area contributed by atoms with Crippen LogP contribution in [-0.4, -0.2) is 39.1 Å². The van der Waals surface area contributed by atoms with Gasteiger partial charge in [0.15, 0.2) is 11.3 Å². The lowest BCUT2D eigenvalue weighted by atomic mass is 10.0. The van der Waals surface area contributed by atoms with Crippen molar-refractivity contribution in [1.29, 1.82) is 0 Å². The van der Waals surface area contributed by atoms with Crippen LogP contribution in [0.4, 0.5) is 0 Å². The molecule has 0 amide bonds. The molecular weight excluding hydrogens is 386 g/mol. The molecule has 0 saturated heterocycles. The molecule has 0 aliphatic rings. The van der Waals surface area contributed by atoms with E-state index >= 15 is 0 Å². The number of nitrogens with one attached hydrogen (secondary N) is 1. The van der Waals surface area contributed by atoms with E-state index in [1.165, 1.54) is 11.8 Å². The number of benzene rings is 1. The highest BCUT2D eigenvalue weighted by molar-refractivity contribution is 7.98. The Bertz CT molecular complexity index is 1050. The number of carbonyl (C=O) groups excluding carboxylic acids is 2. The number of aromatic amines is 1. The van der Waals surface area contributed by atoms with Gasteiger partial charge in [-0.3, -0.25) is 9.59 Å². The van der Waals surface area contributed by atoms with Crippen LogP contribution in [0.25, 0.3) is 10.9 Å². The fourth-order valence-corrected chi connectivity index (χ4v) is 3.95. The predicted octanol–water partition coefficient (Wildman–Crippen LogP) is 4.35. The summed E-state index contributed by atoms with van der Waals surface area (Å²) < 4.78 is 5.44. The van der Waals surface area contributed by atoms with Gasteiger partial charge in [-0.2, -0.15) is 0 Å². The molecule has 3 rings (SSSR count). The number of ketones is 1. The van der Waals surface area contributed by atoms with Crippen molar-refractivity contribution in [1.82, 2.24) is 15.0 Å². The van der Waals surface area contributed by atoms with E-state index in [1.54, 1.807) is 6.92 Å². The summed E-state index contributed by atoms with van der Waals surface area (Å²) >= 11 is 1.49. The lowest BCUT2D eigenvalue weighted by Gasteiger charge is -2.14. The Morgan fingerprint density at radius 3 is 2.45 bits per heavy atom. The fraction of sp³-hybridized carbons (Fsp3) is 0.364. The normalized spacial score (nSPS) is 12.2. The van der Waals surface area contributed by atoms with Crippen molar-refractivity contribution in [2.24, 2.45) is 0 Å². The number of aryl methyl sites for hydroxylation is 3. The molecule has 29 heavy (non-hydrogen) atoms. The summed E-state index contributed by atoms with van der Waals surface area (Å²) in [7, 11) is 0. The second-order valence-electron chi connectivity index (χ2n) is 7.03. The number of aromatic nitrogens is 3. The van der Waals surface area contributed by atoms with Crippen LogP contribution in [-0.2, 0) is 16.0 Å². The number of Topliss-reactive ketones (excluding diaryl/α,β-unsaturated/α-hetero) is 1. The van der Waals surface area contributed by atoms with Gasteiger partial charge in [-0.25, -0.2) is 9.97 Å². The maximum absolute atomic E-state index is 12.9. The van der Waals surface area contributed by atoms with Crippen LogP contribution in [0, 0.1) is 20.8 Å². The van der Waals surface area contributed by atoms with Crippen molar-refractivity contribution < 1.29 is 14.3 Å². The van der Waals surface area contributed by atoms with E-state index in [-0.39, 0.29) is 12.2 Å². The van der Waals surface area contributed by atoms with Gasteiger partial charge in [0.1, 0.15) is 0 Å². The molecule has 0 spiro atoms. The summed E-state index contributed by atoms with van der Waals surface area (Å²) in [5, 5.41) is 1.56. The molecule has 152 valence electrons. The summed E-state index contributed by atoms with van der Waals surface area (Å²) in [6.45, 7) is 7.31. The summed E-state index contributed by atoms with van der Waals surface area (Å²) in [5.41, 5.74) is 4.93. The van der Waals surface area contributed by atoms with E-state index in [2.05, 4.69) is 15.0 Å². The number of rotatable bonds is 7. The zero-order chi connectivity index (χ0) is 21.1. The summed E-state index contributed by atoms with van der Waals surface area (Å²) in [5.74, 6) is -0.607. The fourth-order valence-electron chi connectivity index (χ4n) is 3.50. The molecule has 0 fully saturated rings. The second kappa shape index (κ2) is 8.78. The van der Waals surface area contributed by atoms with Gasteiger partial charge >= 0.3 is 5.97 Å². The molecule has 1 aromatic carbocycles.